The van der Waals surface area contributed by atoms with Crippen molar-refractivity contribution >= 4 is 11.8 Å². The topological polar surface area (TPSA) is 61.4 Å². The summed E-state index contributed by atoms with van der Waals surface area (Å²) in [4.78, 5) is 27.0. The number of benzene rings is 2. The largest absolute Gasteiger partial charge is 0.354 e. The molecule has 0 radical (unpaired) electrons. The van der Waals surface area contributed by atoms with E-state index in [0.29, 0.717) is 13.0 Å². The molecule has 4 rings (SSSR count). The lowest BCUT2D eigenvalue weighted by Crippen LogP contribution is -2.42. The standard InChI is InChI=1S/C26H32FN3O2/c1-26(18-7-5-4-6-8-18)15-22(26)25(32)28-16-20(30(2)3)13-17-9-12-21(23(27)14-17)24(31)29-19-10-11-19/h4-9,12,14,19-20,22H,10-11,13,15-16H2,1-3H3,(H,28,32)(H,29,31)/t20?,22-,26+/m0/s1. The second-order valence-corrected chi connectivity index (χ2v) is 9.67. The molecule has 2 amide bonds. The van der Waals surface area contributed by atoms with Crippen LogP contribution in [0.1, 0.15) is 47.7 Å². The molecule has 0 aromatic heterocycles. The first-order valence-corrected chi connectivity index (χ1v) is 11.4. The van der Waals surface area contributed by atoms with Crippen molar-refractivity contribution in [3.8, 4) is 0 Å². The zero-order valence-electron chi connectivity index (χ0n) is 19.0. The fraction of sp³-hybridized carbons (Fsp3) is 0.462. The summed E-state index contributed by atoms with van der Waals surface area (Å²) in [6, 6.07) is 15.2. The Morgan fingerprint density at radius 2 is 1.88 bits per heavy atom. The van der Waals surface area contributed by atoms with Gasteiger partial charge in [0.1, 0.15) is 5.82 Å². The first kappa shape index (κ1) is 22.5. The Bertz CT molecular complexity index is 990. The molecule has 0 heterocycles. The quantitative estimate of drug-likeness (QED) is 0.633. The van der Waals surface area contributed by atoms with E-state index in [-0.39, 0.29) is 40.8 Å². The van der Waals surface area contributed by atoms with E-state index in [1.165, 1.54) is 11.6 Å². The average molecular weight is 438 g/mol. The van der Waals surface area contributed by atoms with Crippen LogP contribution in [0.15, 0.2) is 48.5 Å². The number of nitrogens with zero attached hydrogens (tertiary/aromatic N) is 1. The maximum Gasteiger partial charge on any atom is 0.254 e. The minimum absolute atomic E-state index is 0.0191. The van der Waals surface area contributed by atoms with Crippen LogP contribution in [0.2, 0.25) is 0 Å². The van der Waals surface area contributed by atoms with Crippen LogP contribution in [-0.2, 0) is 16.6 Å². The highest BCUT2D eigenvalue weighted by molar-refractivity contribution is 5.94. The van der Waals surface area contributed by atoms with Crippen LogP contribution < -0.4 is 10.6 Å². The lowest BCUT2D eigenvalue weighted by Gasteiger charge is -2.25. The number of nitrogens with one attached hydrogen (secondary N) is 2. The van der Waals surface area contributed by atoms with Crippen molar-refractivity contribution in [2.45, 2.75) is 50.1 Å². The summed E-state index contributed by atoms with van der Waals surface area (Å²) >= 11 is 0. The van der Waals surface area contributed by atoms with Crippen LogP contribution in [0.4, 0.5) is 4.39 Å². The Labute approximate surface area is 189 Å². The molecule has 2 fully saturated rings. The zero-order chi connectivity index (χ0) is 22.9. The highest BCUT2D eigenvalue weighted by Gasteiger charge is 2.55. The van der Waals surface area contributed by atoms with Gasteiger partial charge in [0.05, 0.1) is 5.56 Å². The highest BCUT2D eigenvalue weighted by atomic mass is 19.1. The summed E-state index contributed by atoms with van der Waals surface area (Å²) in [5.41, 5.74) is 1.99. The normalized spacial score (nSPS) is 23.0. The van der Waals surface area contributed by atoms with Crippen LogP contribution in [0.3, 0.4) is 0 Å². The van der Waals surface area contributed by atoms with Crippen molar-refractivity contribution in [1.29, 1.82) is 0 Å². The number of carbonyl (C=O) groups is 2. The molecule has 1 unspecified atom stereocenters. The predicted molar refractivity (Wildman–Crippen MR) is 123 cm³/mol. The molecule has 3 atom stereocenters. The second-order valence-electron chi connectivity index (χ2n) is 9.67. The fourth-order valence-corrected chi connectivity index (χ4v) is 4.30. The van der Waals surface area contributed by atoms with Crippen LogP contribution in [0.25, 0.3) is 0 Å². The highest BCUT2D eigenvalue weighted by Crippen LogP contribution is 2.53. The fourth-order valence-electron chi connectivity index (χ4n) is 4.30. The van der Waals surface area contributed by atoms with E-state index in [1.54, 1.807) is 12.1 Å². The van der Waals surface area contributed by atoms with Crippen LogP contribution in [-0.4, -0.2) is 49.4 Å². The summed E-state index contributed by atoms with van der Waals surface area (Å²) in [5.74, 6) is -0.798. The van der Waals surface area contributed by atoms with E-state index in [0.717, 1.165) is 24.8 Å². The third-order valence-corrected chi connectivity index (χ3v) is 6.89. The summed E-state index contributed by atoms with van der Waals surface area (Å²) in [6.45, 7) is 2.62. The van der Waals surface area contributed by atoms with Crippen molar-refractivity contribution in [1.82, 2.24) is 15.5 Å². The van der Waals surface area contributed by atoms with E-state index in [1.807, 2.05) is 37.2 Å². The van der Waals surface area contributed by atoms with Gasteiger partial charge in [-0.25, -0.2) is 4.39 Å². The Balaban J connectivity index is 1.34. The molecule has 5 nitrogen and oxygen atoms in total. The molecular weight excluding hydrogens is 405 g/mol. The van der Waals surface area contributed by atoms with Gasteiger partial charge in [0.25, 0.3) is 5.91 Å². The van der Waals surface area contributed by atoms with Gasteiger partial charge in [-0.1, -0.05) is 43.3 Å². The second kappa shape index (κ2) is 9.02. The lowest BCUT2D eigenvalue weighted by molar-refractivity contribution is -0.122. The third kappa shape index (κ3) is 5.01. The Morgan fingerprint density at radius 1 is 1.16 bits per heavy atom. The molecule has 0 spiro atoms. The van der Waals surface area contributed by atoms with Crippen molar-refractivity contribution < 1.29 is 14.0 Å². The van der Waals surface area contributed by atoms with E-state index in [4.69, 9.17) is 0 Å². The van der Waals surface area contributed by atoms with Gasteiger partial charge < -0.3 is 15.5 Å². The smallest absolute Gasteiger partial charge is 0.254 e. The number of amides is 2. The van der Waals surface area contributed by atoms with E-state index in [9.17, 15) is 14.0 Å². The molecular formula is C26H32FN3O2. The van der Waals surface area contributed by atoms with Gasteiger partial charge in [-0.3, -0.25) is 9.59 Å². The van der Waals surface area contributed by atoms with Gasteiger partial charge >= 0.3 is 0 Å². The van der Waals surface area contributed by atoms with Crippen molar-refractivity contribution in [2.24, 2.45) is 5.92 Å². The molecule has 32 heavy (non-hydrogen) atoms. The molecule has 2 aromatic rings. The molecule has 6 heteroatoms. The number of halogens is 1. The molecule has 170 valence electrons. The number of likely N-dealkylation sites (N-methyl/N-ethyl adjacent to an activating group) is 1. The van der Waals surface area contributed by atoms with Crippen LogP contribution in [0, 0.1) is 11.7 Å². The van der Waals surface area contributed by atoms with Gasteiger partial charge in [-0.15, -0.1) is 0 Å². The lowest BCUT2D eigenvalue weighted by atomic mass is 9.95. The van der Waals surface area contributed by atoms with Crippen molar-refractivity contribution in [3.63, 3.8) is 0 Å². The number of hydrogen-bond acceptors (Lipinski definition) is 3. The Kier molecular flexibility index (Phi) is 6.33. The Hall–Kier alpha value is -2.73. The summed E-state index contributed by atoms with van der Waals surface area (Å²) < 4.78 is 14.6. The van der Waals surface area contributed by atoms with Crippen LogP contribution >= 0.6 is 0 Å². The predicted octanol–water partition coefficient (Wildman–Crippen LogP) is 3.28. The molecule has 0 bridgehead atoms. The summed E-state index contributed by atoms with van der Waals surface area (Å²) in [6.07, 6.45) is 3.36. The summed E-state index contributed by atoms with van der Waals surface area (Å²) in [7, 11) is 3.91. The molecule has 0 saturated heterocycles. The summed E-state index contributed by atoms with van der Waals surface area (Å²) in [5, 5.41) is 5.93. The van der Waals surface area contributed by atoms with Gasteiger partial charge in [0.2, 0.25) is 5.91 Å². The van der Waals surface area contributed by atoms with Gasteiger partial charge in [-0.2, -0.15) is 0 Å². The first-order chi connectivity index (χ1) is 15.3. The molecule has 0 aliphatic heterocycles. The van der Waals surface area contributed by atoms with Gasteiger partial charge in [-0.05, 0) is 63.0 Å². The number of hydrogen-bond donors (Lipinski definition) is 2. The molecule has 2 aliphatic carbocycles. The SMILES string of the molecule is CN(C)C(CNC(=O)[C@@H]1C[C@]1(C)c1ccccc1)Cc1ccc(C(=O)NC2CC2)c(F)c1. The minimum Gasteiger partial charge on any atom is -0.354 e. The average Bonchev–Trinajstić information content (AvgIpc) is 3.69. The molecule has 2 aliphatic rings. The van der Waals surface area contributed by atoms with Crippen molar-refractivity contribution in [3.05, 3.63) is 71.0 Å². The first-order valence-electron chi connectivity index (χ1n) is 11.4. The maximum absolute atomic E-state index is 14.6. The Morgan fingerprint density at radius 3 is 2.50 bits per heavy atom. The number of carbonyl (C=O) groups excluding carboxylic acids is 2. The molecule has 2 saturated carbocycles. The van der Waals surface area contributed by atoms with Gasteiger partial charge in [0, 0.05) is 30.0 Å². The van der Waals surface area contributed by atoms with Crippen molar-refractivity contribution in [2.75, 3.05) is 20.6 Å². The zero-order valence-corrected chi connectivity index (χ0v) is 19.0. The van der Waals surface area contributed by atoms with Crippen LogP contribution in [0.5, 0.6) is 0 Å². The monoisotopic (exact) mass is 437 g/mol. The number of rotatable bonds is 9. The van der Waals surface area contributed by atoms with E-state index >= 15 is 0 Å². The third-order valence-electron chi connectivity index (χ3n) is 6.89. The maximum atomic E-state index is 14.6. The molecule has 2 N–H and O–H groups in total. The van der Waals surface area contributed by atoms with E-state index in [2.05, 4.69) is 29.7 Å². The van der Waals surface area contributed by atoms with Gasteiger partial charge in [0.15, 0.2) is 0 Å². The van der Waals surface area contributed by atoms with E-state index < -0.39 is 5.82 Å². The minimum atomic E-state index is -0.501. The molecule has 2 aromatic carbocycles.